The zero-order chi connectivity index (χ0) is 7.56. The fourth-order valence-electron chi connectivity index (χ4n) is 0.859. The van der Waals surface area contributed by atoms with Crippen LogP contribution in [0.1, 0.15) is 25.3 Å². The lowest BCUT2D eigenvalue weighted by Gasteiger charge is -2.03. The molecule has 0 unspecified atom stereocenters. The van der Waals surface area contributed by atoms with Crippen molar-refractivity contribution in [2.75, 3.05) is 0 Å². The van der Waals surface area contributed by atoms with E-state index in [0.29, 0.717) is 11.7 Å². The number of benzene rings is 1. The van der Waals surface area contributed by atoms with Crippen molar-refractivity contribution in [2.45, 2.75) is 19.8 Å². The number of aromatic hydroxyl groups is 1. The van der Waals surface area contributed by atoms with Gasteiger partial charge in [-0.3, -0.25) is 0 Å². The Bertz CT molecular complexity index is 203. The Balaban J connectivity index is 0.000001000. The highest BCUT2D eigenvalue weighted by atomic mass is 27.0. The summed E-state index contributed by atoms with van der Waals surface area (Å²) in [6.07, 6.45) is 0. The van der Waals surface area contributed by atoms with Crippen molar-refractivity contribution in [1.29, 1.82) is 0 Å². The van der Waals surface area contributed by atoms with E-state index in [9.17, 15) is 0 Å². The lowest BCUT2D eigenvalue weighted by Crippen LogP contribution is -1.84. The Morgan fingerprint density at radius 3 is 1.91 bits per heavy atom. The largest absolute Gasteiger partial charge is 0.508 e. The first kappa shape index (κ1) is 10.6. The van der Waals surface area contributed by atoms with Gasteiger partial charge >= 0.3 is 0 Å². The van der Waals surface area contributed by atoms with Crippen molar-refractivity contribution < 1.29 is 5.11 Å². The standard InChI is InChI=1S/C9H12O.Al.3H/c1-7(2)8-3-5-9(10)6-4-8;;;;/h3-7,10H,1-2H3;;;;. The van der Waals surface area contributed by atoms with Crippen LogP contribution in [0.4, 0.5) is 0 Å². The van der Waals surface area contributed by atoms with Gasteiger partial charge in [0.1, 0.15) is 5.75 Å². The van der Waals surface area contributed by atoms with Gasteiger partial charge in [-0.25, -0.2) is 0 Å². The molecule has 2 heteroatoms. The molecule has 0 spiro atoms. The van der Waals surface area contributed by atoms with E-state index in [4.69, 9.17) is 5.11 Å². The van der Waals surface area contributed by atoms with Gasteiger partial charge in [0.25, 0.3) is 0 Å². The molecule has 60 valence electrons. The quantitative estimate of drug-likeness (QED) is 0.624. The van der Waals surface area contributed by atoms with Crippen LogP contribution in [0.2, 0.25) is 0 Å². The van der Waals surface area contributed by atoms with E-state index < -0.39 is 0 Å². The minimum atomic E-state index is 0. The minimum Gasteiger partial charge on any atom is -0.508 e. The zero-order valence-corrected chi connectivity index (χ0v) is 6.33. The summed E-state index contributed by atoms with van der Waals surface area (Å²) in [5, 5.41) is 8.94. The highest BCUT2D eigenvalue weighted by Gasteiger charge is 1.96. The fourth-order valence-corrected chi connectivity index (χ4v) is 0.859. The second kappa shape index (κ2) is 4.43. The molecule has 0 atom stereocenters. The predicted octanol–water partition coefficient (Wildman–Crippen LogP) is 1.33. The van der Waals surface area contributed by atoms with Gasteiger partial charge in [0.05, 0.1) is 0 Å². The summed E-state index contributed by atoms with van der Waals surface area (Å²) in [6.45, 7) is 4.26. The van der Waals surface area contributed by atoms with E-state index in [1.807, 2.05) is 12.1 Å². The first-order chi connectivity index (χ1) is 4.70. The van der Waals surface area contributed by atoms with Crippen LogP contribution in [-0.2, 0) is 0 Å². The molecule has 0 fully saturated rings. The van der Waals surface area contributed by atoms with Gasteiger partial charge in [-0.05, 0) is 23.6 Å². The third-order valence-corrected chi connectivity index (χ3v) is 1.56. The summed E-state index contributed by atoms with van der Waals surface area (Å²) in [6, 6.07) is 7.32. The summed E-state index contributed by atoms with van der Waals surface area (Å²) < 4.78 is 0. The van der Waals surface area contributed by atoms with Crippen molar-refractivity contribution in [2.24, 2.45) is 0 Å². The lowest BCUT2D eigenvalue weighted by atomic mass is 10.0. The van der Waals surface area contributed by atoms with E-state index in [0.717, 1.165) is 0 Å². The Hall–Kier alpha value is -0.448. The Morgan fingerprint density at radius 1 is 1.09 bits per heavy atom. The predicted molar refractivity (Wildman–Crippen MR) is 52.1 cm³/mol. The molecule has 1 nitrogen and oxygen atoms in total. The molecule has 11 heavy (non-hydrogen) atoms. The van der Waals surface area contributed by atoms with Crippen LogP contribution in [0, 0.1) is 0 Å². The molecule has 0 saturated heterocycles. The molecule has 0 bridgehead atoms. The van der Waals surface area contributed by atoms with Gasteiger partial charge in [-0.1, -0.05) is 26.0 Å². The Kier molecular flexibility index (Phi) is 4.25. The molecule has 0 aliphatic heterocycles. The molecule has 0 aliphatic carbocycles. The zero-order valence-electron chi connectivity index (χ0n) is 6.33. The SMILES string of the molecule is CC(C)c1ccc(O)cc1.[AlH3]. The van der Waals surface area contributed by atoms with Gasteiger partial charge in [0, 0.05) is 0 Å². The topological polar surface area (TPSA) is 20.2 Å². The molecule has 0 radical (unpaired) electrons. The number of hydrogen-bond donors (Lipinski definition) is 1. The molecule has 0 aromatic heterocycles. The average Bonchev–Trinajstić information content (AvgIpc) is 1.88. The summed E-state index contributed by atoms with van der Waals surface area (Å²) in [4.78, 5) is 0. The minimum absolute atomic E-state index is 0. The van der Waals surface area contributed by atoms with Crippen LogP contribution < -0.4 is 0 Å². The number of phenolic OH excluding ortho intramolecular Hbond substituents is 1. The van der Waals surface area contributed by atoms with Crippen LogP contribution in [0.25, 0.3) is 0 Å². The van der Waals surface area contributed by atoms with E-state index in [2.05, 4.69) is 13.8 Å². The molecule has 0 amide bonds. The maximum Gasteiger partial charge on any atom is 0.187 e. The van der Waals surface area contributed by atoms with Gasteiger partial charge in [-0.2, -0.15) is 0 Å². The molecule has 0 heterocycles. The first-order valence-electron chi connectivity index (χ1n) is 3.49. The summed E-state index contributed by atoms with van der Waals surface area (Å²) in [5.74, 6) is 0.880. The number of rotatable bonds is 1. The molecule has 1 N–H and O–H groups in total. The molecule has 1 rings (SSSR count). The summed E-state index contributed by atoms with van der Waals surface area (Å²) in [7, 11) is 0. The average molecular weight is 166 g/mol. The van der Waals surface area contributed by atoms with Gasteiger partial charge in [0.2, 0.25) is 0 Å². The molecular formula is C9H15AlO. The molecule has 0 saturated carbocycles. The van der Waals surface area contributed by atoms with Crippen molar-refractivity contribution in [3.63, 3.8) is 0 Å². The summed E-state index contributed by atoms with van der Waals surface area (Å²) >= 11 is 0. The van der Waals surface area contributed by atoms with E-state index in [-0.39, 0.29) is 17.4 Å². The number of hydrogen-bond acceptors (Lipinski definition) is 1. The first-order valence-corrected chi connectivity index (χ1v) is 3.49. The monoisotopic (exact) mass is 166 g/mol. The maximum absolute atomic E-state index is 8.94. The fraction of sp³-hybridized carbons (Fsp3) is 0.333. The molecular weight excluding hydrogens is 151 g/mol. The third-order valence-electron chi connectivity index (χ3n) is 1.56. The van der Waals surface area contributed by atoms with E-state index in [1.165, 1.54) is 5.56 Å². The second-order valence-electron chi connectivity index (χ2n) is 2.75. The lowest BCUT2D eigenvalue weighted by molar-refractivity contribution is 0.475. The normalized spacial score (nSPS) is 9.36. The van der Waals surface area contributed by atoms with Gasteiger partial charge in [-0.15, -0.1) is 0 Å². The van der Waals surface area contributed by atoms with Crippen molar-refractivity contribution in [3.8, 4) is 5.75 Å². The Labute approximate surface area is 78.2 Å². The van der Waals surface area contributed by atoms with Gasteiger partial charge in [0.15, 0.2) is 17.4 Å². The smallest absolute Gasteiger partial charge is 0.187 e. The van der Waals surface area contributed by atoms with E-state index in [1.54, 1.807) is 12.1 Å². The van der Waals surface area contributed by atoms with Gasteiger partial charge < -0.3 is 5.11 Å². The second-order valence-corrected chi connectivity index (χ2v) is 2.75. The molecule has 0 aliphatic rings. The van der Waals surface area contributed by atoms with Crippen molar-refractivity contribution in [1.82, 2.24) is 0 Å². The third kappa shape index (κ3) is 2.97. The molecule has 1 aromatic rings. The van der Waals surface area contributed by atoms with Crippen LogP contribution in [0.15, 0.2) is 24.3 Å². The van der Waals surface area contributed by atoms with Crippen LogP contribution >= 0.6 is 0 Å². The van der Waals surface area contributed by atoms with Crippen molar-refractivity contribution >= 4 is 17.4 Å². The highest BCUT2D eigenvalue weighted by Crippen LogP contribution is 2.16. The Morgan fingerprint density at radius 2 is 1.55 bits per heavy atom. The molecule has 1 aromatic carbocycles. The van der Waals surface area contributed by atoms with Crippen LogP contribution in [-0.4, -0.2) is 22.5 Å². The number of phenols is 1. The maximum atomic E-state index is 8.94. The van der Waals surface area contributed by atoms with Crippen LogP contribution in [0.5, 0.6) is 5.75 Å². The van der Waals surface area contributed by atoms with Crippen LogP contribution in [0.3, 0.4) is 0 Å². The summed E-state index contributed by atoms with van der Waals surface area (Å²) in [5.41, 5.74) is 1.26. The van der Waals surface area contributed by atoms with E-state index >= 15 is 0 Å². The highest BCUT2D eigenvalue weighted by molar-refractivity contribution is 5.75. The van der Waals surface area contributed by atoms with Crippen molar-refractivity contribution in [3.05, 3.63) is 29.8 Å².